The van der Waals surface area contributed by atoms with E-state index in [4.69, 9.17) is 9.84 Å². The Morgan fingerprint density at radius 1 is 1.22 bits per heavy atom. The topological polar surface area (TPSA) is 129 Å². The number of aromatic carboxylic acids is 1. The summed E-state index contributed by atoms with van der Waals surface area (Å²) in [5.74, 6) is -1.10. The first kappa shape index (κ1) is 23.5. The molecule has 1 saturated heterocycles. The fourth-order valence-electron chi connectivity index (χ4n) is 2.73. The number of carbonyl (C=O) groups is 3. The van der Waals surface area contributed by atoms with Crippen molar-refractivity contribution in [3.63, 3.8) is 0 Å². The third-order valence-electron chi connectivity index (χ3n) is 4.42. The maximum Gasteiger partial charge on any atom is 0.335 e. The molecule has 166 valence electrons. The van der Waals surface area contributed by atoms with Crippen molar-refractivity contribution in [2.75, 3.05) is 12.4 Å². The van der Waals surface area contributed by atoms with Crippen molar-refractivity contribution in [3.05, 3.63) is 58.1 Å². The normalized spacial score (nSPS) is 17.6. The van der Waals surface area contributed by atoms with Gasteiger partial charge in [0.1, 0.15) is 11.0 Å². The zero-order chi connectivity index (χ0) is 23.3. The van der Waals surface area contributed by atoms with E-state index in [9.17, 15) is 14.4 Å². The maximum atomic E-state index is 12.6. The fourth-order valence-corrected chi connectivity index (χ4v) is 4.20. The summed E-state index contributed by atoms with van der Waals surface area (Å²) in [6, 6.07) is 11.2. The van der Waals surface area contributed by atoms with Crippen molar-refractivity contribution in [2.24, 2.45) is 10.2 Å². The zero-order valence-electron chi connectivity index (χ0n) is 17.1. The number of amides is 2. The van der Waals surface area contributed by atoms with Crippen molar-refractivity contribution in [1.82, 2.24) is 5.32 Å². The molecule has 32 heavy (non-hydrogen) atoms. The lowest BCUT2D eigenvalue weighted by Gasteiger charge is -2.21. The number of thioether (sulfide) groups is 1. The molecular weight excluding hydrogens is 500 g/mol. The quantitative estimate of drug-likeness (QED) is 0.396. The van der Waals surface area contributed by atoms with Crippen molar-refractivity contribution in [2.45, 2.75) is 18.6 Å². The molecule has 1 aliphatic rings. The molecule has 11 heteroatoms. The molecule has 0 aromatic heterocycles. The van der Waals surface area contributed by atoms with E-state index in [0.29, 0.717) is 17.1 Å². The van der Waals surface area contributed by atoms with E-state index in [0.717, 1.165) is 21.8 Å². The molecule has 2 amide bonds. The molecule has 0 bridgehead atoms. The Kier molecular flexibility index (Phi) is 7.65. The summed E-state index contributed by atoms with van der Waals surface area (Å²) < 4.78 is 5.98. The van der Waals surface area contributed by atoms with Crippen LogP contribution in [0.2, 0.25) is 0 Å². The third-order valence-corrected chi connectivity index (χ3v) is 6.12. The predicted octanol–water partition coefficient (Wildman–Crippen LogP) is 3.50. The van der Waals surface area contributed by atoms with Crippen LogP contribution in [0.1, 0.15) is 29.3 Å². The number of nitrogens with zero attached hydrogens (tertiary/aromatic N) is 2. The van der Waals surface area contributed by atoms with Gasteiger partial charge in [0.2, 0.25) is 11.8 Å². The summed E-state index contributed by atoms with van der Waals surface area (Å²) in [4.78, 5) is 35.6. The first-order chi connectivity index (χ1) is 15.3. The van der Waals surface area contributed by atoms with Crippen LogP contribution in [0.3, 0.4) is 0 Å². The second-order valence-electron chi connectivity index (χ2n) is 6.67. The number of rotatable bonds is 6. The molecule has 0 saturated carbocycles. The van der Waals surface area contributed by atoms with Crippen LogP contribution in [-0.2, 0) is 9.59 Å². The summed E-state index contributed by atoms with van der Waals surface area (Å²) in [7, 11) is 1.58. The van der Waals surface area contributed by atoms with Gasteiger partial charge < -0.3 is 20.5 Å². The molecule has 1 fully saturated rings. The van der Waals surface area contributed by atoms with Gasteiger partial charge in [-0.15, -0.1) is 5.10 Å². The number of carboxylic acids is 1. The number of amidine groups is 1. The number of methoxy groups -OCH3 is 1. The number of hydrogen-bond donors (Lipinski definition) is 3. The van der Waals surface area contributed by atoms with Crippen LogP contribution in [-0.4, -0.2) is 46.1 Å². The number of carboxylic acid groups (broad SMARTS) is 1. The van der Waals surface area contributed by atoms with Gasteiger partial charge >= 0.3 is 5.97 Å². The summed E-state index contributed by atoms with van der Waals surface area (Å²) in [5, 5.41) is 22.0. The standard InChI is InChI=1S/C21H19BrN4O5S/c1-11(13-5-8-16(31-2)15(22)9-13)25-26-21-24-18(27)10-17(32-21)19(28)23-14-6-3-12(4-7-14)20(29)30/h3-9,17H,10H2,1-2H3,(H,23,28)(H,29,30)(H,24,26,27)/b25-11-/t17-/m1/s1. The number of hydrogen-bond acceptors (Lipinski definition) is 7. The van der Waals surface area contributed by atoms with Crippen molar-refractivity contribution in [3.8, 4) is 5.75 Å². The highest BCUT2D eigenvalue weighted by molar-refractivity contribution is 9.10. The van der Waals surface area contributed by atoms with Gasteiger partial charge in [0.05, 0.1) is 22.9 Å². The first-order valence-electron chi connectivity index (χ1n) is 9.33. The van der Waals surface area contributed by atoms with E-state index < -0.39 is 11.2 Å². The number of nitrogens with one attached hydrogen (secondary N) is 2. The van der Waals surface area contributed by atoms with E-state index in [1.807, 2.05) is 12.1 Å². The SMILES string of the molecule is COc1ccc(/C(C)=N\N=C2\NC(=O)C[C@H](C(=O)Nc3ccc(C(=O)O)cc3)S2)cc1Br. The first-order valence-corrected chi connectivity index (χ1v) is 11.0. The van der Waals surface area contributed by atoms with E-state index in [-0.39, 0.29) is 29.0 Å². The molecule has 2 aromatic carbocycles. The summed E-state index contributed by atoms with van der Waals surface area (Å²) in [6.07, 6.45) is -0.0170. The average Bonchev–Trinajstić information content (AvgIpc) is 2.77. The van der Waals surface area contributed by atoms with Crippen molar-refractivity contribution >= 4 is 62.0 Å². The van der Waals surface area contributed by atoms with Crippen molar-refractivity contribution in [1.29, 1.82) is 0 Å². The van der Waals surface area contributed by atoms with E-state index in [1.54, 1.807) is 20.1 Å². The molecule has 0 aliphatic carbocycles. The van der Waals surface area contributed by atoms with Gasteiger partial charge in [0.25, 0.3) is 0 Å². The van der Waals surface area contributed by atoms with Crippen LogP contribution in [0.5, 0.6) is 5.75 Å². The zero-order valence-corrected chi connectivity index (χ0v) is 19.5. The maximum absolute atomic E-state index is 12.6. The second-order valence-corrected chi connectivity index (χ2v) is 8.72. The Hall–Kier alpha value is -3.18. The van der Waals surface area contributed by atoms with Crippen LogP contribution >= 0.6 is 27.7 Å². The molecule has 0 spiro atoms. The molecule has 0 unspecified atom stereocenters. The van der Waals surface area contributed by atoms with Gasteiger partial charge in [0, 0.05) is 12.1 Å². The summed E-state index contributed by atoms with van der Waals surface area (Å²) in [6.45, 7) is 1.78. The highest BCUT2D eigenvalue weighted by Crippen LogP contribution is 2.26. The minimum absolute atomic E-state index is 0.0170. The van der Waals surface area contributed by atoms with Crippen molar-refractivity contribution < 1.29 is 24.2 Å². The molecular formula is C21H19BrN4O5S. The Balaban J connectivity index is 1.69. The number of halogens is 1. The minimum atomic E-state index is -1.05. The summed E-state index contributed by atoms with van der Waals surface area (Å²) in [5.41, 5.74) is 1.97. The molecule has 0 radical (unpaired) electrons. The van der Waals surface area contributed by atoms with Gasteiger partial charge in [-0.05, 0) is 70.9 Å². The Labute approximate surface area is 196 Å². The van der Waals surface area contributed by atoms with Gasteiger partial charge in [-0.2, -0.15) is 5.10 Å². The van der Waals surface area contributed by atoms with Crippen LogP contribution in [0.15, 0.2) is 57.1 Å². The van der Waals surface area contributed by atoms with E-state index in [2.05, 4.69) is 36.8 Å². The Bertz CT molecular complexity index is 1120. The molecule has 2 aromatic rings. The molecule has 3 rings (SSSR count). The lowest BCUT2D eigenvalue weighted by Crippen LogP contribution is -2.41. The fraction of sp³-hybridized carbons (Fsp3) is 0.190. The highest BCUT2D eigenvalue weighted by atomic mass is 79.9. The minimum Gasteiger partial charge on any atom is -0.496 e. The van der Waals surface area contributed by atoms with Gasteiger partial charge in [-0.3, -0.25) is 9.59 Å². The number of benzene rings is 2. The van der Waals surface area contributed by atoms with Gasteiger partial charge in [-0.1, -0.05) is 11.8 Å². The van der Waals surface area contributed by atoms with E-state index in [1.165, 1.54) is 24.3 Å². The monoisotopic (exact) mass is 518 g/mol. The summed E-state index contributed by atoms with van der Waals surface area (Å²) >= 11 is 4.52. The average molecular weight is 519 g/mol. The van der Waals surface area contributed by atoms with Crippen LogP contribution < -0.4 is 15.4 Å². The number of ether oxygens (including phenoxy) is 1. The largest absolute Gasteiger partial charge is 0.496 e. The van der Waals surface area contributed by atoms with Crippen LogP contribution in [0.25, 0.3) is 0 Å². The number of carbonyl (C=O) groups excluding carboxylic acids is 2. The molecule has 1 atom stereocenters. The molecule has 9 nitrogen and oxygen atoms in total. The highest BCUT2D eigenvalue weighted by Gasteiger charge is 2.30. The van der Waals surface area contributed by atoms with Gasteiger partial charge in [0.15, 0.2) is 5.17 Å². The lowest BCUT2D eigenvalue weighted by molar-refractivity contribution is -0.123. The molecule has 1 heterocycles. The third kappa shape index (κ3) is 5.95. The Morgan fingerprint density at radius 2 is 1.91 bits per heavy atom. The lowest BCUT2D eigenvalue weighted by atomic mass is 10.1. The van der Waals surface area contributed by atoms with Crippen LogP contribution in [0.4, 0.5) is 5.69 Å². The van der Waals surface area contributed by atoms with Gasteiger partial charge in [-0.25, -0.2) is 4.79 Å². The predicted molar refractivity (Wildman–Crippen MR) is 127 cm³/mol. The second kappa shape index (κ2) is 10.4. The molecule has 3 N–H and O–H groups in total. The smallest absolute Gasteiger partial charge is 0.335 e. The van der Waals surface area contributed by atoms with E-state index >= 15 is 0 Å². The van der Waals surface area contributed by atoms with Crippen LogP contribution in [0, 0.1) is 0 Å². The molecule has 1 aliphatic heterocycles. The Morgan fingerprint density at radius 3 is 2.53 bits per heavy atom. The number of anilines is 1.